The maximum absolute atomic E-state index is 12.6. The first-order valence-electron chi connectivity index (χ1n) is 11.8. The predicted molar refractivity (Wildman–Crippen MR) is 146 cm³/mol. The van der Waals surface area contributed by atoms with Crippen molar-refractivity contribution in [3.8, 4) is 11.5 Å². The molecule has 7 N–H and O–H groups in total. The number of nitrogen functional groups attached to an aromatic ring is 1. The van der Waals surface area contributed by atoms with E-state index in [4.69, 9.17) is 38.5 Å². The maximum Gasteiger partial charge on any atom is 0.222 e. The van der Waals surface area contributed by atoms with Crippen molar-refractivity contribution in [3.05, 3.63) is 82.9 Å². The largest absolute Gasteiger partial charge is 0.457 e. The molecule has 0 saturated carbocycles. The van der Waals surface area contributed by atoms with Gasteiger partial charge in [0, 0.05) is 34.1 Å². The molecule has 0 radical (unpaired) electrons. The molecular weight excluding hydrogens is 476 g/mol. The number of hydrogen-bond donors (Lipinski definition) is 4. The first kappa shape index (κ1) is 25.5. The summed E-state index contributed by atoms with van der Waals surface area (Å²) < 4.78 is 6.11. The van der Waals surface area contributed by atoms with Crippen LogP contribution in [0.5, 0.6) is 11.5 Å². The van der Waals surface area contributed by atoms with Gasteiger partial charge >= 0.3 is 0 Å². The van der Waals surface area contributed by atoms with Crippen molar-refractivity contribution >= 4 is 34.6 Å². The average Bonchev–Trinajstić information content (AvgIpc) is 2.96. The molecule has 1 heterocycles. The van der Waals surface area contributed by atoms with Crippen molar-refractivity contribution in [2.24, 2.45) is 16.5 Å². The minimum Gasteiger partial charge on any atom is -0.457 e. The van der Waals surface area contributed by atoms with Gasteiger partial charge in [-0.05, 0) is 68.4 Å². The number of hydrogen-bond acceptors (Lipinski definition) is 7. The van der Waals surface area contributed by atoms with Gasteiger partial charge in [0.2, 0.25) is 5.91 Å². The van der Waals surface area contributed by atoms with Gasteiger partial charge in [-0.1, -0.05) is 23.7 Å². The minimum absolute atomic E-state index is 0.123. The molecule has 1 aliphatic heterocycles. The molecule has 4 rings (SSSR count). The third-order valence-corrected chi connectivity index (χ3v) is 6.20. The Labute approximate surface area is 216 Å². The second kappa shape index (κ2) is 11.0. The average molecular weight is 507 g/mol. The normalized spacial score (nSPS) is 18.0. The number of carbonyl (C=O) groups is 1. The fourth-order valence-corrected chi connectivity index (χ4v) is 4.40. The summed E-state index contributed by atoms with van der Waals surface area (Å²) in [5.74, 6) is 1.14. The second-order valence-corrected chi connectivity index (χ2v) is 9.13. The van der Waals surface area contributed by atoms with E-state index in [-0.39, 0.29) is 12.3 Å². The molecule has 0 spiro atoms. The highest BCUT2D eigenvalue weighted by molar-refractivity contribution is 6.30. The Balaban J connectivity index is 1.85. The quantitative estimate of drug-likeness (QED) is 0.360. The summed E-state index contributed by atoms with van der Waals surface area (Å²) in [5.41, 5.74) is 22.7. The lowest BCUT2D eigenvalue weighted by Crippen LogP contribution is -2.56. The topological polar surface area (TPSA) is 132 Å². The van der Waals surface area contributed by atoms with Crippen LogP contribution in [0, 0.1) is 0 Å². The van der Waals surface area contributed by atoms with Crippen molar-refractivity contribution in [1.29, 1.82) is 0 Å². The van der Waals surface area contributed by atoms with E-state index in [1.807, 2.05) is 61.2 Å². The van der Waals surface area contributed by atoms with Crippen LogP contribution in [0.4, 0.5) is 11.4 Å². The number of nitrogens with one attached hydrogen (secondary N) is 1. The first-order valence-corrected chi connectivity index (χ1v) is 12.2. The molecule has 3 aromatic carbocycles. The summed E-state index contributed by atoms with van der Waals surface area (Å²) in [6.07, 6.45) is -0.933. The lowest BCUT2D eigenvalue weighted by molar-refractivity contribution is -0.121. The van der Waals surface area contributed by atoms with Crippen molar-refractivity contribution in [1.82, 2.24) is 5.32 Å². The molecule has 0 saturated heterocycles. The number of ether oxygens (including phenoxy) is 1. The van der Waals surface area contributed by atoms with E-state index in [1.165, 1.54) is 0 Å². The van der Waals surface area contributed by atoms with Crippen LogP contribution >= 0.6 is 11.6 Å². The monoisotopic (exact) mass is 506 g/mol. The van der Waals surface area contributed by atoms with Crippen LogP contribution in [-0.4, -0.2) is 36.5 Å². The Kier molecular flexibility index (Phi) is 7.79. The summed E-state index contributed by atoms with van der Waals surface area (Å²) in [4.78, 5) is 19.5. The highest BCUT2D eigenvalue weighted by Crippen LogP contribution is 2.35. The Morgan fingerprint density at radius 1 is 1.11 bits per heavy atom. The molecule has 0 fully saturated rings. The number of benzene rings is 3. The zero-order valence-corrected chi connectivity index (χ0v) is 21.1. The zero-order chi connectivity index (χ0) is 25.8. The van der Waals surface area contributed by atoms with Crippen LogP contribution in [0.15, 0.2) is 71.7 Å². The Morgan fingerprint density at radius 2 is 1.78 bits per heavy atom. The van der Waals surface area contributed by atoms with Crippen LogP contribution in [0.2, 0.25) is 5.02 Å². The van der Waals surface area contributed by atoms with Crippen molar-refractivity contribution in [2.45, 2.75) is 38.6 Å². The highest BCUT2D eigenvalue weighted by Gasteiger charge is 2.34. The Morgan fingerprint density at radius 3 is 2.42 bits per heavy atom. The molecular formula is C27H31ClN6O2. The second-order valence-electron chi connectivity index (χ2n) is 8.70. The molecule has 1 amide bonds. The SMILES string of the molecule is CCNC(=O)C[C@@H]1N=C(c2ccc(Cl)cc2)c2cc(Oc3ccc(N)cc3)ccc2N(C(C)N)C1N. The first-order chi connectivity index (χ1) is 17.3. The number of amides is 1. The van der Waals surface area contributed by atoms with E-state index < -0.39 is 18.4 Å². The smallest absolute Gasteiger partial charge is 0.222 e. The van der Waals surface area contributed by atoms with Crippen LogP contribution in [0.25, 0.3) is 0 Å². The molecule has 9 heteroatoms. The van der Waals surface area contributed by atoms with E-state index in [9.17, 15) is 4.79 Å². The lowest BCUT2D eigenvalue weighted by atomic mass is 9.99. The van der Waals surface area contributed by atoms with Gasteiger partial charge in [0.25, 0.3) is 0 Å². The molecule has 3 atom stereocenters. The minimum atomic E-state index is -0.625. The van der Waals surface area contributed by atoms with E-state index >= 15 is 0 Å². The third-order valence-electron chi connectivity index (χ3n) is 5.95. The molecule has 3 aromatic rings. The van der Waals surface area contributed by atoms with Gasteiger partial charge in [-0.2, -0.15) is 0 Å². The molecule has 0 bridgehead atoms. The number of aliphatic imine (C=N–C) groups is 1. The van der Waals surface area contributed by atoms with E-state index in [0.717, 1.165) is 16.8 Å². The Hall–Kier alpha value is -3.59. The van der Waals surface area contributed by atoms with Crippen molar-refractivity contribution in [2.75, 3.05) is 17.2 Å². The molecule has 8 nitrogen and oxygen atoms in total. The molecule has 0 aromatic heterocycles. The third kappa shape index (κ3) is 5.62. The number of fused-ring (bicyclic) bond motifs is 1. The number of carbonyl (C=O) groups excluding carboxylic acids is 1. The summed E-state index contributed by atoms with van der Waals surface area (Å²) in [6, 6.07) is 19.7. The number of nitrogens with zero attached hydrogens (tertiary/aromatic N) is 2. The summed E-state index contributed by atoms with van der Waals surface area (Å²) in [7, 11) is 0. The zero-order valence-electron chi connectivity index (χ0n) is 20.3. The predicted octanol–water partition coefficient (Wildman–Crippen LogP) is 3.86. The number of anilines is 2. The number of benzodiazepines with no additional fused rings is 1. The number of rotatable bonds is 7. The van der Waals surface area contributed by atoms with Gasteiger partial charge in [-0.3, -0.25) is 9.79 Å². The van der Waals surface area contributed by atoms with Crippen molar-refractivity contribution < 1.29 is 9.53 Å². The fourth-order valence-electron chi connectivity index (χ4n) is 4.28. The van der Waals surface area contributed by atoms with Crippen LogP contribution in [-0.2, 0) is 4.79 Å². The summed E-state index contributed by atoms with van der Waals surface area (Å²) >= 11 is 6.16. The van der Waals surface area contributed by atoms with Crippen LogP contribution < -0.4 is 32.2 Å². The van der Waals surface area contributed by atoms with Crippen LogP contribution in [0.3, 0.4) is 0 Å². The molecule has 188 valence electrons. The van der Waals surface area contributed by atoms with Gasteiger partial charge in [-0.25, -0.2) is 0 Å². The van der Waals surface area contributed by atoms with Gasteiger partial charge in [-0.15, -0.1) is 0 Å². The van der Waals surface area contributed by atoms with Gasteiger partial charge in [0.1, 0.15) is 17.7 Å². The Bertz CT molecular complexity index is 1240. The maximum atomic E-state index is 12.6. The lowest BCUT2D eigenvalue weighted by Gasteiger charge is -2.36. The molecule has 2 unspecified atom stereocenters. The van der Waals surface area contributed by atoms with Gasteiger partial charge < -0.3 is 32.2 Å². The van der Waals surface area contributed by atoms with Gasteiger partial charge in [0.15, 0.2) is 0 Å². The molecule has 0 aliphatic carbocycles. The fraction of sp³-hybridized carbons (Fsp3) is 0.259. The summed E-state index contributed by atoms with van der Waals surface area (Å²) in [6.45, 7) is 4.26. The number of halogens is 1. The van der Waals surface area contributed by atoms with E-state index in [2.05, 4.69) is 5.32 Å². The van der Waals surface area contributed by atoms with E-state index in [1.54, 1.807) is 24.3 Å². The molecule has 36 heavy (non-hydrogen) atoms. The van der Waals surface area contributed by atoms with Crippen LogP contribution in [0.1, 0.15) is 31.4 Å². The molecule has 1 aliphatic rings. The standard InChI is InChI=1S/C27H31ClN6O2/c1-3-32-25(35)15-23-27(31)34(16(2)29)24-13-12-21(36-20-10-8-19(30)9-11-20)14-22(24)26(33-23)17-4-6-18(28)7-5-17/h4-14,16,23,27H,3,15,29-31H2,1-2H3,(H,32,35)/t16?,23-,27?/m0/s1. The van der Waals surface area contributed by atoms with E-state index in [0.29, 0.717) is 34.5 Å². The van der Waals surface area contributed by atoms with Gasteiger partial charge in [0.05, 0.1) is 24.3 Å². The number of nitrogens with two attached hydrogens (primary N) is 3. The highest BCUT2D eigenvalue weighted by atomic mass is 35.5. The summed E-state index contributed by atoms with van der Waals surface area (Å²) in [5, 5.41) is 3.45. The van der Waals surface area contributed by atoms with Crippen molar-refractivity contribution in [3.63, 3.8) is 0 Å².